The molecule has 1 aromatic heterocycles. The van der Waals surface area contributed by atoms with E-state index in [1.54, 1.807) is 18.3 Å². The van der Waals surface area contributed by atoms with Crippen LogP contribution in [0.4, 0.5) is 10.2 Å². The van der Waals surface area contributed by atoms with Crippen LogP contribution in [0.3, 0.4) is 0 Å². The molecule has 0 saturated heterocycles. The number of nitrogens with one attached hydrogen (secondary N) is 1. The van der Waals surface area contributed by atoms with Crippen LogP contribution in [0.2, 0.25) is 0 Å². The molecule has 1 aliphatic carbocycles. The highest BCUT2D eigenvalue weighted by Crippen LogP contribution is 2.40. The van der Waals surface area contributed by atoms with Gasteiger partial charge in [-0.15, -0.1) is 0 Å². The average molecular weight is 301 g/mol. The van der Waals surface area contributed by atoms with Gasteiger partial charge in [-0.1, -0.05) is 12.1 Å². The zero-order valence-corrected chi connectivity index (χ0v) is 12.6. The van der Waals surface area contributed by atoms with Crippen LogP contribution >= 0.6 is 0 Å². The minimum atomic E-state index is -0.258. The topological polar surface area (TPSA) is 46.9 Å². The summed E-state index contributed by atoms with van der Waals surface area (Å²) >= 11 is 0. The second-order valence-corrected chi connectivity index (χ2v) is 5.91. The van der Waals surface area contributed by atoms with Gasteiger partial charge in [-0.25, -0.2) is 9.07 Å². The first kappa shape index (κ1) is 14.8. The fourth-order valence-electron chi connectivity index (χ4n) is 2.63. The van der Waals surface area contributed by atoms with Gasteiger partial charge in [0.1, 0.15) is 11.6 Å². The van der Waals surface area contributed by atoms with Crippen LogP contribution < -0.4 is 5.32 Å². The molecule has 1 saturated carbocycles. The normalized spacial score (nSPS) is 15.5. The molecule has 3 rings (SSSR count). The van der Waals surface area contributed by atoms with Crippen molar-refractivity contribution in [2.75, 3.05) is 5.32 Å². The molecule has 1 aliphatic rings. The van der Waals surface area contributed by atoms with Crippen molar-refractivity contribution in [3.8, 4) is 0 Å². The smallest absolute Gasteiger partial charge is 0.225 e. The van der Waals surface area contributed by atoms with Crippen molar-refractivity contribution in [3.63, 3.8) is 0 Å². The Kier molecular flexibility index (Phi) is 4.22. The standard InChI is InChI=1S/C17H20FN3O/c1-12(14-5-6-14)21-16(10-11-19-21)20-17(22)9-4-13-2-7-15(18)8-3-13/h2-3,7-8,10-12,14H,4-6,9H2,1H3,(H,20,22). The minimum absolute atomic E-state index is 0.0472. The number of aryl methyl sites for hydroxylation is 1. The number of amides is 1. The van der Waals surface area contributed by atoms with Crippen molar-refractivity contribution in [2.24, 2.45) is 5.92 Å². The molecule has 1 aromatic carbocycles. The van der Waals surface area contributed by atoms with E-state index in [0.29, 0.717) is 24.8 Å². The summed E-state index contributed by atoms with van der Waals surface area (Å²) in [4.78, 5) is 12.1. The van der Waals surface area contributed by atoms with Gasteiger partial charge in [0.05, 0.1) is 12.2 Å². The SMILES string of the molecule is CC(C1CC1)n1nccc1NC(=O)CCc1ccc(F)cc1. The molecular weight excluding hydrogens is 281 g/mol. The number of hydrogen-bond acceptors (Lipinski definition) is 2. The molecule has 0 spiro atoms. The predicted molar refractivity (Wildman–Crippen MR) is 83.0 cm³/mol. The quantitative estimate of drug-likeness (QED) is 0.886. The molecule has 5 heteroatoms. The lowest BCUT2D eigenvalue weighted by atomic mass is 10.1. The second-order valence-electron chi connectivity index (χ2n) is 5.91. The Morgan fingerprint density at radius 2 is 2.09 bits per heavy atom. The Labute approximate surface area is 129 Å². The molecule has 0 bridgehead atoms. The van der Waals surface area contributed by atoms with E-state index in [2.05, 4.69) is 17.3 Å². The summed E-state index contributed by atoms with van der Waals surface area (Å²) in [6.45, 7) is 2.14. The summed E-state index contributed by atoms with van der Waals surface area (Å²) in [7, 11) is 0. The molecule has 0 aliphatic heterocycles. The molecule has 1 N–H and O–H groups in total. The number of benzene rings is 1. The summed E-state index contributed by atoms with van der Waals surface area (Å²) in [5.41, 5.74) is 0.955. The highest BCUT2D eigenvalue weighted by Gasteiger charge is 2.30. The van der Waals surface area contributed by atoms with Gasteiger partial charge in [0, 0.05) is 12.5 Å². The number of hydrogen-bond donors (Lipinski definition) is 1. The highest BCUT2D eigenvalue weighted by atomic mass is 19.1. The van der Waals surface area contributed by atoms with Gasteiger partial charge in [0.2, 0.25) is 5.91 Å². The largest absolute Gasteiger partial charge is 0.311 e. The van der Waals surface area contributed by atoms with Crippen LogP contribution in [0, 0.1) is 11.7 Å². The molecule has 4 nitrogen and oxygen atoms in total. The van der Waals surface area contributed by atoms with Crippen LogP contribution in [-0.2, 0) is 11.2 Å². The lowest BCUT2D eigenvalue weighted by molar-refractivity contribution is -0.116. The summed E-state index contributed by atoms with van der Waals surface area (Å²) in [5.74, 6) is 1.12. The number of rotatable bonds is 6. The number of nitrogens with zero attached hydrogens (tertiary/aromatic N) is 2. The Morgan fingerprint density at radius 3 is 2.77 bits per heavy atom. The molecule has 116 valence electrons. The Balaban J connectivity index is 1.55. The zero-order valence-electron chi connectivity index (χ0n) is 12.6. The molecule has 22 heavy (non-hydrogen) atoms. The molecule has 1 amide bonds. The first-order chi connectivity index (χ1) is 10.6. The summed E-state index contributed by atoms with van der Waals surface area (Å²) in [6, 6.07) is 8.40. The van der Waals surface area contributed by atoms with E-state index in [4.69, 9.17) is 0 Å². The molecule has 1 fully saturated rings. The number of aromatic nitrogens is 2. The van der Waals surface area contributed by atoms with Crippen LogP contribution in [0.5, 0.6) is 0 Å². The van der Waals surface area contributed by atoms with Gasteiger partial charge < -0.3 is 5.32 Å². The van der Waals surface area contributed by atoms with Crippen LogP contribution in [0.15, 0.2) is 36.5 Å². The van der Waals surface area contributed by atoms with Crippen molar-refractivity contribution >= 4 is 11.7 Å². The van der Waals surface area contributed by atoms with Crippen molar-refractivity contribution < 1.29 is 9.18 Å². The van der Waals surface area contributed by atoms with Crippen LogP contribution in [0.1, 0.15) is 37.8 Å². The van der Waals surface area contributed by atoms with Gasteiger partial charge in [0.25, 0.3) is 0 Å². The van der Waals surface area contributed by atoms with Gasteiger partial charge in [-0.3, -0.25) is 4.79 Å². The molecule has 2 aromatic rings. The molecule has 1 heterocycles. The van der Waals surface area contributed by atoms with E-state index in [0.717, 1.165) is 11.4 Å². The van der Waals surface area contributed by atoms with Gasteiger partial charge in [0.15, 0.2) is 0 Å². The maximum absolute atomic E-state index is 12.8. The fourth-order valence-corrected chi connectivity index (χ4v) is 2.63. The number of halogens is 1. The summed E-state index contributed by atoms with van der Waals surface area (Å²) in [6.07, 6.45) is 5.15. The number of carbonyl (C=O) groups excluding carboxylic acids is 1. The fraction of sp³-hybridized carbons (Fsp3) is 0.412. The second kappa shape index (κ2) is 6.30. The first-order valence-electron chi connectivity index (χ1n) is 7.71. The minimum Gasteiger partial charge on any atom is -0.311 e. The summed E-state index contributed by atoms with van der Waals surface area (Å²) < 4.78 is 14.7. The maximum Gasteiger partial charge on any atom is 0.225 e. The third-order valence-electron chi connectivity index (χ3n) is 4.18. The van der Waals surface area contributed by atoms with E-state index in [1.165, 1.54) is 25.0 Å². The van der Waals surface area contributed by atoms with E-state index in [9.17, 15) is 9.18 Å². The molecule has 0 radical (unpaired) electrons. The Bertz CT molecular complexity index is 646. The van der Waals surface area contributed by atoms with Gasteiger partial charge in [-0.05, 0) is 49.8 Å². The van der Waals surface area contributed by atoms with E-state index >= 15 is 0 Å². The zero-order chi connectivity index (χ0) is 15.5. The van der Waals surface area contributed by atoms with Crippen molar-refractivity contribution in [3.05, 3.63) is 47.9 Å². The molecular formula is C17H20FN3O. The van der Waals surface area contributed by atoms with E-state index in [1.807, 2.05) is 10.7 Å². The van der Waals surface area contributed by atoms with Gasteiger partial charge >= 0.3 is 0 Å². The first-order valence-corrected chi connectivity index (χ1v) is 7.71. The van der Waals surface area contributed by atoms with E-state index in [-0.39, 0.29) is 11.7 Å². The Morgan fingerprint density at radius 1 is 1.36 bits per heavy atom. The average Bonchev–Trinajstić information content (AvgIpc) is 3.26. The highest BCUT2D eigenvalue weighted by molar-refractivity contribution is 5.89. The van der Waals surface area contributed by atoms with Crippen molar-refractivity contribution in [2.45, 2.75) is 38.6 Å². The number of carbonyl (C=O) groups is 1. The molecule has 1 atom stereocenters. The third kappa shape index (κ3) is 3.53. The number of anilines is 1. The molecule has 1 unspecified atom stereocenters. The van der Waals surface area contributed by atoms with E-state index < -0.39 is 0 Å². The van der Waals surface area contributed by atoms with Crippen molar-refractivity contribution in [1.82, 2.24) is 9.78 Å². The van der Waals surface area contributed by atoms with Crippen molar-refractivity contribution in [1.29, 1.82) is 0 Å². The third-order valence-corrected chi connectivity index (χ3v) is 4.18. The lowest BCUT2D eigenvalue weighted by Gasteiger charge is -2.15. The van der Waals surface area contributed by atoms with Crippen LogP contribution in [0.25, 0.3) is 0 Å². The lowest BCUT2D eigenvalue weighted by Crippen LogP contribution is -2.18. The summed E-state index contributed by atoms with van der Waals surface area (Å²) in [5, 5.41) is 7.24. The Hall–Kier alpha value is -2.17. The maximum atomic E-state index is 12.8. The van der Waals surface area contributed by atoms with Gasteiger partial charge in [-0.2, -0.15) is 5.10 Å². The monoisotopic (exact) mass is 301 g/mol. The van der Waals surface area contributed by atoms with Crippen LogP contribution in [-0.4, -0.2) is 15.7 Å². The predicted octanol–water partition coefficient (Wildman–Crippen LogP) is 3.56.